The van der Waals surface area contributed by atoms with Gasteiger partial charge in [-0.3, -0.25) is 15.0 Å². The maximum Gasteiger partial charge on any atom is 0.285 e. The van der Waals surface area contributed by atoms with E-state index in [0.717, 1.165) is 33.5 Å². The van der Waals surface area contributed by atoms with Crippen molar-refractivity contribution in [3.05, 3.63) is 98.9 Å². The molecule has 1 heterocycles. The average Bonchev–Trinajstić information content (AvgIpc) is 3.10. The minimum atomic E-state index is -0.462. The van der Waals surface area contributed by atoms with E-state index in [1.165, 1.54) is 0 Å². The van der Waals surface area contributed by atoms with Gasteiger partial charge in [0.15, 0.2) is 15.8 Å². The summed E-state index contributed by atoms with van der Waals surface area (Å²) < 4.78 is 11.7. The number of carbonyl (C=O) groups is 2. The van der Waals surface area contributed by atoms with Crippen molar-refractivity contribution >= 4 is 57.8 Å². The van der Waals surface area contributed by atoms with Gasteiger partial charge in [-0.2, -0.15) is 5.01 Å². The highest BCUT2D eigenvalue weighted by molar-refractivity contribution is 8.26. The number of ether oxygens (including phenoxy) is 2. The van der Waals surface area contributed by atoms with Gasteiger partial charge in [0.05, 0.1) is 12.0 Å². The molecule has 4 rings (SSSR count). The third-order valence-corrected chi connectivity index (χ3v) is 6.63. The summed E-state index contributed by atoms with van der Waals surface area (Å²) in [5.74, 6) is 0.254. The van der Waals surface area contributed by atoms with E-state index in [4.69, 9.17) is 33.3 Å². The molecule has 35 heavy (non-hydrogen) atoms. The van der Waals surface area contributed by atoms with Crippen LogP contribution in [0.3, 0.4) is 0 Å². The summed E-state index contributed by atoms with van der Waals surface area (Å²) in [4.78, 5) is 25.8. The minimum Gasteiger partial charge on any atom is -0.493 e. The average molecular weight is 525 g/mol. The van der Waals surface area contributed by atoms with Crippen molar-refractivity contribution in [1.29, 1.82) is 0 Å². The maximum absolute atomic E-state index is 12.9. The van der Waals surface area contributed by atoms with Gasteiger partial charge < -0.3 is 9.47 Å². The smallest absolute Gasteiger partial charge is 0.285 e. The summed E-state index contributed by atoms with van der Waals surface area (Å²) in [5.41, 5.74) is 5.86. The van der Waals surface area contributed by atoms with Gasteiger partial charge in [-0.05, 0) is 72.7 Å². The van der Waals surface area contributed by atoms with Crippen molar-refractivity contribution in [3.8, 4) is 11.5 Å². The van der Waals surface area contributed by atoms with E-state index in [9.17, 15) is 9.59 Å². The summed E-state index contributed by atoms with van der Waals surface area (Å²) in [5, 5.41) is 1.58. The number of aryl methyl sites for hydroxylation is 1. The number of hydrogen-bond acceptors (Lipinski definition) is 6. The summed E-state index contributed by atoms with van der Waals surface area (Å²) in [6, 6.07) is 19.8. The molecule has 6 nitrogen and oxygen atoms in total. The van der Waals surface area contributed by atoms with Crippen molar-refractivity contribution in [2.24, 2.45) is 0 Å². The molecule has 3 aromatic carbocycles. The Bertz CT molecular complexity index is 1330. The first-order valence-electron chi connectivity index (χ1n) is 10.5. The van der Waals surface area contributed by atoms with Crippen molar-refractivity contribution in [3.63, 3.8) is 0 Å². The minimum absolute atomic E-state index is 0.230. The van der Waals surface area contributed by atoms with E-state index in [-0.39, 0.29) is 4.32 Å². The fraction of sp³-hybridized carbons (Fsp3) is 0.115. The second kappa shape index (κ2) is 10.9. The summed E-state index contributed by atoms with van der Waals surface area (Å²) in [6.07, 6.45) is 1.70. The Labute approximate surface area is 217 Å². The predicted octanol–water partition coefficient (Wildman–Crippen LogP) is 5.78. The van der Waals surface area contributed by atoms with Crippen LogP contribution in [0.5, 0.6) is 11.5 Å². The number of amides is 2. The molecule has 1 fully saturated rings. The molecule has 0 bridgehead atoms. The topological polar surface area (TPSA) is 67.9 Å². The van der Waals surface area contributed by atoms with E-state index in [0.29, 0.717) is 33.6 Å². The van der Waals surface area contributed by atoms with Crippen LogP contribution in [0, 0.1) is 6.92 Å². The van der Waals surface area contributed by atoms with E-state index < -0.39 is 11.8 Å². The van der Waals surface area contributed by atoms with E-state index in [2.05, 4.69) is 11.5 Å². The number of nitrogens with one attached hydrogen (secondary N) is 1. The monoisotopic (exact) mass is 524 g/mol. The molecule has 0 aromatic heterocycles. The van der Waals surface area contributed by atoms with Gasteiger partial charge >= 0.3 is 0 Å². The number of thioether (sulfide) groups is 1. The fourth-order valence-corrected chi connectivity index (χ4v) is 4.64. The van der Waals surface area contributed by atoms with Gasteiger partial charge in [0, 0.05) is 10.6 Å². The quantitative estimate of drug-likeness (QED) is 0.312. The number of rotatable bonds is 7. The van der Waals surface area contributed by atoms with Gasteiger partial charge in [-0.1, -0.05) is 59.3 Å². The van der Waals surface area contributed by atoms with Crippen LogP contribution in [0.25, 0.3) is 6.08 Å². The largest absolute Gasteiger partial charge is 0.493 e. The summed E-state index contributed by atoms with van der Waals surface area (Å²) >= 11 is 12.3. The first-order chi connectivity index (χ1) is 16.8. The first kappa shape index (κ1) is 24.8. The van der Waals surface area contributed by atoms with E-state index in [1.54, 1.807) is 49.6 Å². The van der Waals surface area contributed by atoms with Crippen LogP contribution in [0.4, 0.5) is 0 Å². The van der Waals surface area contributed by atoms with Crippen LogP contribution in [0.2, 0.25) is 5.02 Å². The third-order valence-electron chi connectivity index (χ3n) is 5.08. The Morgan fingerprint density at radius 2 is 1.89 bits per heavy atom. The van der Waals surface area contributed by atoms with Crippen molar-refractivity contribution in [2.75, 3.05) is 7.11 Å². The van der Waals surface area contributed by atoms with Crippen LogP contribution in [-0.2, 0) is 11.4 Å². The number of hydrazine groups is 1. The lowest BCUT2D eigenvalue weighted by Gasteiger charge is -2.15. The Hall–Kier alpha value is -3.33. The molecule has 0 aliphatic carbocycles. The van der Waals surface area contributed by atoms with Gasteiger partial charge in [-0.25, -0.2) is 0 Å². The lowest BCUT2D eigenvalue weighted by atomic mass is 10.1. The highest BCUT2D eigenvalue weighted by Gasteiger charge is 2.33. The van der Waals surface area contributed by atoms with Crippen LogP contribution < -0.4 is 14.9 Å². The number of thiocarbonyl (C=S) groups is 1. The Morgan fingerprint density at radius 1 is 1.11 bits per heavy atom. The second-order valence-corrected chi connectivity index (χ2v) is 9.77. The van der Waals surface area contributed by atoms with Crippen molar-refractivity contribution in [2.45, 2.75) is 13.5 Å². The van der Waals surface area contributed by atoms with Gasteiger partial charge in [0.25, 0.3) is 11.8 Å². The molecule has 0 unspecified atom stereocenters. The lowest BCUT2D eigenvalue weighted by Crippen LogP contribution is -2.44. The SMILES string of the molecule is COc1cc(/C=C2\SC(=S)N(NC(=O)c3ccc(Cl)cc3)C2=O)ccc1OCc1cccc(C)c1. The van der Waals surface area contributed by atoms with Crippen molar-refractivity contribution in [1.82, 2.24) is 10.4 Å². The molecule has 0 radical (unpaired) electrons. The molecule has 1 aliphatic heterocycles. The zero-order chi connectivity index (χ0) is 24.9. The molecule has 178 valence electrons. The van der Waals surface area contributed by atoms with Gasteiger partial charge in [0.1, 0.15) is 6.61 Å². The molecular formula is C26H21ClN2O4S2. The second-order valence-electron chi connectivity index (χ2n) is 7.65. The Balaban J connectivity index is 1.46. The van der Waals surface area contributed by atoms with Crippen LogP contribution in [0.1, 0.15) is 27.0 Å². The number of hydrogen-bond donors (Lipinski definition) is 1. The molecule has 0 saturated carbocycles. The Morgan fingerprint density at radius 3 is 2.60 bits per heavy atom. The standard InChI is InChI=1S/C26H21ClN2O4S2/c1-16-4-3-5-18(12-16)15-33-21-11-6-17(13-22(21)32-2)14-23-25(31)29(26(34)35-23)28-24(30)19-7-9-20(27)10-8-19/h3-14H,15H2,1-2H3,(H,28,30)/b23-14-. The zero-order valence-electron chi connectivity index (χ0n) is 18.9. The molecule has 9 heteroatoms. The lowest BCUT2D eigenvalue weighted by molar-refractivity contribution is -0.123. The molecule has 1 N–H and O–H groups in total. The highest BCUT2D eigenvalue weighted by Crippen LogP contribution is 2.34. The predicted molar refractivity (Wildman–Crippen MR) is 142 cm³/mol. The highest BCUT2D eigenvalue weighted by atomic mass is 35.5. The number of nitrogens with zero attached hydrogens (tertiary/aromatic N) is 1. The number of benzene rings is 3. The van der Waals surface area contributed by atoms with E-state index in [1.807, 2.05) is 31.2 Å². The first-order valence-corrected chi connectivity index (χ1v) is 12.1. The molecule has 1 aliphatic rings. The third kappa shape index (κ3) is 6.03. The summed E-state index contributed by atoms with van der Waals surface area (Å²) in [6.45, 7) is 2.44. The summed E-state index contributed by atoms with van der Waals surface area (Å²) in [7, 11) is 1.56. The fourth-order valence-electron chi connectivity index (χ4n) is 3.34. The Kier molecular flexibility index (Phi) is 7.75. The van der Waals surface area contributed by atoms with Crippen LogP contribution >= 0.6 is 35.6 Å². The van der Waals surface area contributed by atoms with Crippen molar-refractivity contribution < 1.29 is 19.1 Å². The molecule has 0 atom stereocenters. The number of halogens is 1. The van der Waals surface area contributed by atoms with Gasteiger partial charge in [0.2, 0.25) is 0 Å². The van der Waals surface area contributed by atoms with Gasteiger partial charge in [-0.15, -0.1) is 0 Å². The molecule has 0 spiro atoms. The molecular weight excluding hydrogens is 504 g/mol. The number of methoxy groups -OCH3 is 1. The number of carbonyl (C=O) groups excluding carboxylic acids is 2. The van der Waals surface area contributed by atoms with Crippen LogP contribution in [0.15, 0.2) is 71.6 Å². The zero-order valence-corrected chi connectivity index (χ0v) is 21.3. The molecule has 2 amide bonds. The normalized spacial score (nSPS) is 14.4. The maximum atomic E-state index is 12.9. The van der Waals surface area contributed by atoms with E-state index >= 15 is 0 Å². The van der Waals surface area contributed by atoms with Crippen LogP contribution in [-0.4, -0.2) is 28.3 Å². The molecule has 3 aromatic rings. The molecule has 1 saturated heterocycles.